The third kappa shape index (κ3) is 3.00. The van der Waals surface area contributed by atoms with Gasteiger partial charge < -0.3 is 10.2 Å². The van der Waals surface area contributed by atoms with Crippen LogP contribution in [0.3, 0.4) is 0 Å². The smallest absolute Gasteiger partial charge is 0.0943 e. The molecule has 0 bridgehead atoms. The summed E-state index contributed by atoms with van der Waals surface area (Å²) in [5, 5.41) is 3.26. The summed E-state index contributed by atoms with van der Waals surface area (Å²) in [6, 6.07) is 8.29. The van der Waals surface area contributed by atoms with Gasteiger partial charge in [0.15, 0.2) is 0 Å². The molecule has 0 aliphatic heterocycles. The highest BCUT2D eigenvalue weighted by Gasteiger charge is 2.07. The van der Waals surface area contributed by atoms with Crippen molar-refractivity contribution in [3.63, 3.8) is 0 Å². The van der Waals surface area contributed by atoms with E-state index in [4.69, 9.17) is 6.42 Å². The van der Waals surface area contributed by atoms with Gasteiger partial charge >= 0.3 is 0 Å². The minimum absolute atomic E-state index is 0.00917. The molecule has 1 atom stereocenters. The van der Waals surface area contributed by atoms with Crippen molar-refractivity contribution in [1.82, 2.24) is 5.32 Å². The van der Waals surface area contributed by atoms with Gasteiger partial charge in [0.1, 0.15) is 0 Å². The van der Waals surface area contributed by atoms with Gasteiger partial charge in [-0.2, -0.15) is 0 Å². The average molecular weight is 202 g/mol. The van der Waals surface area contributed by atoms with Gasteiger partial charge in [-0.15, -0.1) is 6.42 Å². The predicted octanol–water partition coefficient (Wildman–Crippen LogP) is 2.04. The first kappa shape index (κ1) is 11.6. The van der Waals surface area contributed by atoms with Gasteiger partial charge in [0, 0.05) is 19.8 Å². The normalized spacial score (nSPS) is 11.9. The fourth-order valence-corrected chi connectivity index (χ4v) is 1.46. The van der Waals surface area contributed by atoms with E-state index >= 15 is 0 Å². The zero-order chi connectivity index (χ0) is 11.3. The number of benzene rings is 1. The van der Waals surface area contributed by atoms with Gasteiger partial charge in [-0.1, -0.05) is 25.0 Å². The molecule has 0 saturated heterocycles. The highest BCUT2D eigenvalue weighted by Crippen LogP contribution is 2.18. The molecule has 0 radical (unpaired) electrons. The molecule has 0 saturated carbocycles. The summed E-state index contributed by atoms with van der Waals surface area (Å²) in [6.45, 7) is 2.93. The summed E-state index contributed by atoms with van der Waals surface area (Å²) in [7, 11) is 4.05. The number of rotatable bonds is 4. The van der Waals surface area contributed by atoms with Crippen molar-refractivity contribution < 1.29 is 0 Å². The molecule has 15 heavy (non-hydrogen) atoms. The Morgan fingerprint density at radius 1 is 1.47 bits per heavy atom. The van der Waals surface area contributed by atoms with Crippen LogP contribution in [-0.4, -0.2) is 20.6 Å². The molecule has 1 aromatic rings. The number of hydrogen-bond donors (Lipinski definition) is 1. The van der Waals surface area contributed by atoms with Gasteiger partial charge in [-0.3, -0.25) is 0 Å². The molecular weight excluding hydrogens is 184 g/mol. The number of nitrogens with one attached hydrogen (secondary N) is 1. The van der Waals surface area contributed by atoms with Crippen molar-refractivity contribution in [2.75, 3.05) is 25.5 Å². The molecule has 0 fully saturated rings. The quantitative estimate of drug-likeness (QED) is 0.752. The highest BCUT2D eigenvalue weighted by molar-refractivity contribution is 5.48. The van der Waals surface area contributed by atoms with Crippen LogP contribution in [0.5, 0.6) is 0 Å². The van der Waals surface area contributed by atoms with Crippen LogP contribution in [0.15, 0.2) is 24.3 Å². The molecule has 80 valence electrons. The molecular formula is C13H18N2. The maximum absolute atomic E-state index is 5.49. The molecule has 1 aromatic carbocycles. The Bertz CT molecular complexity index is 350. The molecule has 1 unspecified atom stereocenters. The first-order valence-electron chi connectivity index (χ1n) is 5.15. The Morgan fingerprint density at radius 2 is 2.20 bits per heavy atom. The Balaban J connectivity index is 2.93. The second-order valence-corrected chi connectivity index (χ2v) is 3.65. The van der Waals surface area contributed by atoms with Crippen LogP contribution in [0, 0.1) is 12.3 Å². The van der Waals surface area contributed by atoms with Crippen LogP contribution in [-0.2, 0) is 0 Å². The van der Waals surface area contributed by atoms with E-state index < -0.39 is 0 Å². The zero-order valence-electron chi connectivity index (χ0n) is 9.62. The van der Waals surface area contributed by atoms with E-state index in [-0.39, 0.29) is 6.04 Å². The molecule has 0 aromatic heterocycles. The van der Waals surface area contributed by atoms with Crippen molar-refractivity contribution >= 4 is 5.69 Å². The van der Waals surface area contributed by atoms with E-state index in [2.05, 4.69) is 41.3 Å². The lowest BCUT2D eigenvalue weighted by molar-refractivity contribution is 0.665. The van der Waals surface area contributed by atoms with Crippen LogP contribution < -0.4 is 10.2 Å². The Hall–Kier alpha value is -1.46. The Labute approximate surface area is 92.3 Å². The minimum atomic E-state index is 0.00917. The van der Waals surface area contributed by atoms with Crippen molar-refractivity contribution in [3.05, 3.63) is 29.8 Å². The van der Waals surface area contributed by atoms with Crippen LogP contribution in [0.2, 0.25) is 0 Å². The second-order valence-electron chi connectivity index (χ2n) is 3.65. The fraction of sp³-hybridized carbons (Fsp3) is 0.385. The lowest BCUT2D eigenvalue weighted by Crippen LogP contribution is -2.19. The molecule has 2 nitrogen and oxygen atoms in total. The average Bonchev–Trinajstić information content (AvgIpc) is 2.26. The van der Waals surface area contributed by atoms with Crippen molar-refractivity contribution in [3.8, 4) is 12.3 Å². The van der Waals surface area contributed by atoms with Crippen molar-refractivity contribution in [1.29, 1.82) is 0 Å². The topological polar surface area (TPSA) is 15.3 Å². The molecule has 0 aliphatic carbocycles. The van der Waals surface area contributed by atoms with E-state index in [0.717, 1.165) is 12.1 Å². The molecule has 0 aliphatic rings. The molecule has 0 spiro atoms. The first-order chi connectivity index (χ1) is 7.19. The van der Waals surface area contributed by atoms with Gasteiger partial charge in [-0.05, 0) is 24.2 Å². The van der Waals surface area contributed by atoms with Gasteiger partial charge in [-0.25, -0.2) is 0 Å². The largest absolute Gasteiger partial charge is 0.378 e. The first-order valence-corrected chi connectivity index (χ1v) is 5.15. The third-order valence-corrected chi connectivity index (χ3v) is 2.29. The maximum atomic E-state index is 5.49. The monoisotopic (exact) mass is 202 g/mol. The Kier molecular flexibility index (Phi) is 4.20. The van der Waals surface area contributed by atoms with E-state index in [1.807, 2.05) is 20.2 Å². The number of terminal acetylenes is 1. The number of anilines is 1. The van der Waals surface area contributed by atoms with E-state index in [1.54, 1.807) is 0 Å². The summed E-state index contributed by atoms with van der Waals surface area (Å²) < 4.78 is 0. The van der Waals surface area contributed by atoms with Crippen LogP contribution >= 0.6 is 0 Å². The lowest BCUT2D eigenvalue weighted by Gasteiger charge is -2.16. The van der Waals surface area contributed by atoms with Crippen LogP contribution in [0.4, 0.5) is 5.69 Å². The van der Waals surface area contributed by atoms with Crippen LogP contribution in [0.25, 0.3) is 0 Å². The number of nitrogens with zero attached hydrogens (tertiary/aromatic N) is 1. The van der Waals surface area contributed by atoms with Crippen LogP contribution in [0.1, 0.15) is 18.5 Å². The summed E-state index contributed by atoms with van der Waals surface area (Å²) in [6.07, 6.45) is 5.49. The Morgan fingerprint density at radius 3 is 2.73 bits per heavy atom. The standard InChI is InChI=1S/C13H18N2/c1-5-13(14-6-2)11-8-7-9-12(10-11)15(3)4/h1,7-10,13-14H,6H2,2-4H3. The fourth-order valence-electron chi connectivity index (χ4n) is 1.46. The molecule has 2 heteroatoms. The van der Waals surface area contributed by atoms with E-state index in [9.17, 15) is 0 Å². The summed E-state index contributed by atoms with van der Waals surface area (Å²) in [4.78, 5) is 2.07. The van der Waals surface area contributed by atoms with E-state index in [1.165, 1.54) is 5.69 Å². The molecule has 1 N–H and O–H groups in total. The zero-order valence-corrected chi connectivity index (χ0v) is 9.62. The predicted molar refractivity (Wildman–Crippen MR) is 66.0 cm³/mol. The summed E-state index contributed by atoms with van der Waals surface area (Å²) in [5.74, 6) is 2.76. The summed E-state index contributed by atoms with van der Waals surface area (Å²) in [5.41, 5.74) is 2.32. The van der Waals surface area contributed by atoms with Crippen molar-refractivity contribution in [2.24, 2.45) is 0 Å². The minimum Gasteiger partial charge on any atom is -0.378 e. The molecule has 0 heterocycles. The van der Waals surface area contributed by atoms with Gasteiger partial charge in [0.05, 0.1) is 6.04 Å². The van der Waals surface area contributed by atoms with Gasteiger partial charge in [0.2, 0.25) is 0 Å². The van der Waals surface area contributed by atoms with Gasteiger partial charge in [0.25, 0.3) is 0 Å². The summed E-state index contributed by atoms with van der Waals surface area (Å²) >= 11 is 0. The van der Waals surface area contributed by atoms with Crippen molar-refractivity contribution in [2.45, 2.75) is 13.0 Å². The third-order valence-electron chi connectivity index (χ3n) is 2.29. The maximum Gasteiger partial charge on any atom is 0.0943 e. The highest BCUT2D eigenvalue weighted by atomic mass is 15.1. The van der Waals surface area contributed by atoms with E-state index in [0.29, 0.717) is 0 Å². The SMILES string of the molecule is C#CC(NCC)c1cccc(N(C)C)c1. The lowest BCUT2D eigenvalue weighted by atomic mass is 10.1. The second kappa shape index (κ2) is 5.43. The number of hydrogen-bond acceptors (Lipinski definition) is 2. The molecule has 0 amide bonds. The molecule has 1 rings (SSSR count).